The average Bonchev–Trinajstić information content (AvgIpc) is 3.44. The molecule has 10 heteroatoms. The normalized spacial score (nSPS) is 17.5. The Morgan fingerprint density at radius 3 is 2.52 bits per heavy atom. The van der Waals surface area contributed by atoms with E-state index in [9.17, 15) is 9.18 Å². The molecular formula is C34H33BrFN3O5. The molecule has 4 aromatic rings. The first-order valence-electron chi connectivity index (χ1n) is 14.2. The molecule has 0 aliphatic carbocycles. The molecule has 0 saturated carbocycles. The first-order valence-corrected chi connectivity index (χ1v) is 15.0. The number of methoxy groups -OCH3 is 1. The van der Waals surface area contributed by atoms with Crippen LogP contribution in [0.25, 0.3) is 0 Å². The molecule has 0 fully saturated rings. The van der Waals surface area contributed by atoms with E-state index in [0.717, 1.165) is 10.0 Å². The molecule has 1 heterocycles. The first-order chi connectivity index (χ1) is 21.4. The molecule has 0 radical (unpaired) electrons. The van der Waals surface area contributed by atoms with Crippen LogP contribution >= 0.6 is 15.9 Å². The van der Waals surface area contributed by atoms with Gasteiger partial charge in [-0.2, -0.15) is 0 Å². The fourth-order valence-electron chi connectivity index (χ4n) is 4.97. The van der Waals surface area contributed by atoms with Crippen molar-refractivity contribution in [3.8, 4) is 11.5 Å². The van der Waals surface area contributed by atoms with Crippen molar-refractivity contribution >= 4 is 27.7 Å². The lowest BCUT2D eigenvalue weighted by Crippen LogP contribution is -2.53. The zero-order valence-corrected chi connectivity index (χ0v) is 25.7. The van der Waals surface area contributed by atoms with Crippen molar-refractivity contribution in [1.82, 2.24) is 10.9 Å². The Balaban J connectivity index is 1.53. The van der Waals surface area contributed by atoms with Crippen molar-refractivity contribution in [2.75, 3.05) is 20.3 Å². The molecule has 5 rings (SSSR count). The standard InChI is InChI=1S/C34H33BrFN3O5/c1-42-29-8-4-7-25(20-29)31-34(21-23-10-14-27(35)15-11-23,33(41)39-37-22-26-6-2-3-9-30(26)36)38-32(44-31)24-12-16-28(17-13-24)43-19-5-18-40/h2-4,6-17,20,31,37,40H,5,18-19,21-22H2,1H3,(H,39,41)/t31-,34-/m0/s1. The summed E-state index contributed by atoms with van der Waals surface area (Å²) >= 11 is 3.48. The van der Waals surface area contributed by atoms with Gasteiger partial charge in [-0.3, -0.25) is 10.2 Å². The Bertz CT molecular complexity index is 1600. The predicted octanol–water partition coefficient (Wildman–Crippen LogP) is 5.68. The van der Waals surface area contributed by atoms with Crippen molar-refractivity contribution in [1.29, 1.82) is 0 Å². The van der Waals surface area contributed by atoms with Gasteiger partial charge in [-0.25, -0.2) is 14.8 Å². The summed E-state index contributed by atoms with van der Waals surface area (Å²) in [7, 11) is 1.58. The summed E-state index contributed by atoms with van der Waals surface area (Å²) in [6, 6.07) is 28.7. The summed E-state index contributed by atoms with van der Waals surface area (Å²) in [6.45, 7) is 0.513. The van der Waals surface area contributed by atoms with Crippen molar-refractivity contribution in [3.05, 3.63) is 130 Å². The highest BCUT2D eigenvalue weighted by molar-refractivity contribution is 9.10. The zero-order chi connectivity index (χ0) is 30.9. The van der Waals surface area contributed by atoms with E-state index in [1.165, 1.54) is 6.07 Å². The SMILES string of the molecule is COc1cccc([C@@H]2OC(c3ccc(OCCCO)cc3)=N[C@]2(Cc2ccc(Br)cc2)C(=O)NNCc2ccccc2F)c1. The van der Waals surface area contributed by atoms with E-state index in [2.05, 4.69) is 26.8 Å². The number of halogens is 2. The Kier molecular flexibility index (Phi) is 10.3. The van der Waals surface area contributed by atoms with Gasteiger partial charge >= 0.3 is 0 Å². The molecule has 1 aliphatic heterocycles. The summed E-state index contributed by atoms with van der Waals surface area (Å²) in [6.07, 6.45) is -0.0911. The number of carbonyl (C=O) groups is 1. The van der Waals surface area contributed by atoms with E-state index in [-0.39, 0.29) is 25.4 Å². The van der Waals surface area contributed by atoms with Gasteiger partial charge in [-0.1, -0.05) is 58.4 Å². The van der Waals surface area contributed by atoms with E-state index in [4.69, 9.17) is 24.3 Å². The molecule has 1 aliphatic rings. The van der Waals surface area contributed by atoms with E-state index in [1.54, 1.807) is 37.4 Å². The number of ether oxygens (including phenoxy) is 3. The van der Waals surface area contributed by atoms with Crippen LogP contribution in [0, 0.1) is 5.82 Å². The predicted molar refractivity (Wildman–Crippen MR) is 169 cm³/mol. The van der Waals surface area contributed by atoms with Crippen molar-refractivity contribution in [3.63, 3.8) is 0 Å². The average molecular weight is 663 g/mol. The quantitative estimate of drug-likeness (QED) is 0.126. The fraction of sp³-hybridized carbons (Fsp3) is 0.235. The number of aliphatic hydroxyl groups is 1. The number of hydrogen-bond donors (Lipinski definition) is 3. The van der Waals surface area contributed by atoms with E-state index in [0.29, 0.717) is 47.1 Å². The van der Waals surface area contributed by atoms with Crippen LogP contribution in [-0.4, -0.2) is 42.8 Å². The van der Waals surface area contributed by atoms with E-state index < -0.39 is 17.6 Å². The van der Waals surface area contributed by atoms with Gasteiger partial charge in [-0.15, -0.1) is 0 Å². The lowest BCUT2D eigenvalue weighted by atomic mass is 9.82. The molecular weight excluding hydrogens is 629 g/mol. The highest BCUT2D eigenvalue weighted by atomic mass is 79.9. The molecule has 8 nitrogen and oxygen atoms in total. The van der Waals surface area contributed by atoms with Gasteiger partial charge in [0.05, 0.1) is 13.7 Å². The summed E-state index contributed by atoms with van der Waals surface area (Å²) in [5.74, 6) is 0.729. The number of hydrogen-bond acceptors (Lipinski definition) is 7. The van der Waals surface area contributed by atoms with E-state index in [1.807, 2.05) is 60.7 Å². The van der Waals surface area contributed by atoms with Gasteiger partial charge in [0.2, 0.25) is 5.90 Å². The third-order valence-electron chi connectivity index (χ3n) is 7.25. The molecule has 44 heavy (non-hydrogen) atoms. The Morgan fingerprint density at radius 1 is 1.02 bits per heavy atom. The Morgan fingerprint density at radius 2 is 1.80 bits per heavy atom. The molecule has 1 amide bonds. The summed E-state index contributed by atoms with van der Waals surface area (Å²) < 4.78 is 32.9. The highest BCUT2D eigenvalue weighted by Crippen LogP contribution is 2.43. The number of carbonyl (C=O) groups excluding carboxylic acids is 1. The fourth-order valence-corrected chi connectivity index (χ4v) is 5.23. The van der Waals surface area contributed by atoms with Crippen LogP contribution in [0.1, 0.15) is 34.8 Å². The summed E-state index contributed by atoms with van der Waals surface area (Å²) in [5.41, 5.74) is 6.87. The maximum Gasteiger partial charge on any atom is 0.266 e. The molecule has 2 atom stereocenters. The molecule has 228 valence electrons. The van der Waals surface area contributed by atoms with Crippen molar-refractivity contribution in [2.45, 2.75) is 31.0 Å². The Hall–Kier alpha value is -4.25. The minimum Gasteiger partial charge on any atom is -0.497 e. The largest absolute Gasteiger partial charge is 0.497 e. The number of nitrogens with one attached hydrogen (secondary N) is 2. The Labute approximate surface area is 264 Å². The number of aliphatic hydroxyl groups excluding tert-OH is 1. The second-order valence-electron chi connectivity index (χ2n) is 10.3. The number of hydrazine groups is 1. The van der Waals surface area contributed by atoms with Crippen LogP contribution in [0.15, 0.2) is 107 Å². The molecule has 0 bridgehead atoms. The van der Waals surface area contributed by atoms with Gasteiger partial charge in [0, 0.05) is 41.6 Å². The molecule has 0 unspecified atom stereocenters. The number of amides is 1. The van der Waals surface area contributed by atoms with Crippen LogP contribution in [-0.2, 0) is 22.5 Å². The van der Waals surface area contributed by atoms with Gasteiger partial charge in [0.15, 0.2) is 11.6 Å². The third-order valence-corrected chi connectivity index (χ3v) is 7.78. The van der Waals surface area contributed by atoms with Crippen LogP contribution in [0.3, 0.4) is 0 Å². The van der Waals surface area contributed by atoms with Crippen molar-refractivity contribution in [2.24, 2.45) is 4.99 Å². The number of benzene rings is 4. The number of aliphatic imine (C=N–C) groups is 1. The molecule has 3 N–H and O–H groups in total. The highest BCUT2D eigenvalue weighted by Gasteiger charge is 2.53. The van der Waals surface area contributed by atoms with Crippen LogP contribution < -0.4 is 20.3 Å². The molecule has 4 aromatic carbocycles. The number of nitrogens with zero attached hydrogens (tertiary/aromatic N) is 1. The minimum atomic E-state index is -1.45. The van der Waals surface area contributed by atoms with E-state index >= 15 is 0 Å². The van der Waals surface area contributed by atoms with Crippen LogP contribution in [0.4, 0.5) is 4.39 Å². The smallest absolute Gasteiger partial charge is 0.266 e. The first kappa shape index (κ1) is 31.2. The maximum absolute atomic E-state index is 14.3. The second-order valence-corrected chi connectivity index (χ2v) is 11.2. The van der Waals surface area contributed by atoms with Crippen LogP contribution in [0.5, 0.6) is 11.5 Å². The lowest BCUT2D eigenvalue weighted by molar-refractivity contribution is -0.130. The van der Waals surface area contributed by atoms with Crippen LogP contribution in [0.2, 0.25) is 0 Å². The molecule has 0 aromatic heterocycles. The van der Waals surface area contributed by atoms with Gasteiger partial charge in [0.1, 0.15) is 17.3 Å². The molecule has 0 spiro atoms. The summed E-state index contributed by atoms with van der Waals surface area (Å²) in [4.78, 5) is 19.3. The zero-order valence-electron chi connectivity index (χ0n) is 24.1. The third kappa shape index (κ3) is 7.27. The topological polar surface area (TPSA) is 101 Å². The van der Waals surface area contributed by atoms with Gasteiger partial charge in [0.25, 0.3) is 5.91 Å². The van der Waals surface area contributed by atoms with Gasteiger partial charge < -0.3 is 19.3 Å². The van der Waals surface area contributed by atoms with Gasteiger partial charge in [-0.05, 0) is 65.7 Å². The minimum absolute atomic E-state index is 0.0477. The lowest BCUT2D eigenvalue weighted by Gasteiger charge is -2.31. The number of rotatable bonds is 13. The monoisotopic (exact) mass is 661 g/mol. The maximum atomic E-state index is 14.3. The molecule has 0 saturated heterocycles. The van der Waals surface area contributed by atoms with Crippen molar-refractivity contribution < 1.29 is 28.5 Å². The summed E-state index contributed by atoms with van der Waals surface area (Å²) in [5, 5.41) is 9.04. The second kappa shape index (κ2) is 14.5.